The molecule has 0 spiro atoms. The van der Waals surface area contributed by atoms with E-state index in [1.54, 1.807) is 34.6 Å². The Bertz CT molecular complexity index is 802. The van der Waals surface area contributed by atoms with Crippen molar-refractivity contribution in [2.45, 2.75) is 124 Å². The first-order valence-corrected chi connectivity index (χ1v) is 14.0. The molecule has 1 fully saturated rings. The first-order valence-electron chi connectivity index (χ1n) is 14.0. The molecule has 0 saturated carbocycles. The van der Waals surface area contributed by atoms with Crippen LogP contribution >= 0.6 is 0 Å². The van der Waals surface area contributed by atoms with Gasteiger partial charge in [0.15, 0.2) is 0 Å². The first kappa shape index (κ1) is 47.9. The largest absolute Gasteiger partial charge is 0.460 e. The van der Waals surface area contributed by atoms with Crippen molar-refractivity contribution in [2.75, 3.05) is 13.3 Å². The van der Waals surface area contributed by atoms with Gasteiger partial charge in [-0.3, -0.25) is 24.0 Å². The molecule has 0 aromatic rings. The second kappa shape index (κ2) is 30.0. The van der Waals surface area contributed by atoms with E-state index >= 15 is 0 Å². The van der Waals surface area contributed by atoms with Crippen LogP contribution in [0.1, 0.15) is 87.0 Å². The van der Waals surface area contributed by atoms with Gasteiger partial charge in [-0.25, -0.2) is 0 Å². The average molecular weight is 643 g/mol. The van der Waals surface area contributed by atoms with E-state index in [-0.39, 0.29) is 63.6 Å². The van der Waals surface area contributed by atoms with Crippen molar-refractivity contribution >= 4 is 35.6 Å². The molecular formula is C27H54N4O13. The molecule has 1 amide bonds. The van der Waals surface area contributed by atoms with Gasteiger partial charge in [-0.15, -0.1) is 0 Å². The number of hydrogen-bond donors (Lipinski definition) is 8. The molecule has 6 unspecified atom stereocenters. The summed E-state index contributed by atoms with van der Waals surface area (Å²) >= 11 is 0. The second-order valence-electron chi connectivity index (χ2n) is 9.44. The Balaban J connectivity index is -0.000000248. The van der Waals surface area contributed by atoms with Gasteiger partial charge >= 0.3 is 23.9 Å². The molecule has 17 nitrogen and oxygen atoms in total. The third kappa shape index (κ3) is 37.0. The van der Waals surface area contributed by atoms with Gasteiger partial charge in [-0.2, -0.15) is 0 Å². The molecule has 1 saturated heterocycles. The second-order valence-corrected chi connectivity index (χ2v) is 9.44. The number of Topliss-reactive ketones (excluding diaryl/α,β-unsaturated/α-hetero) is 1. The number of amides is 1. The Morgan fingerprint density at radius 3 is 1.27 bits per heavy atom. The quantitative estimate of drug-likeness (QED) is 0.0506. The minimum Gasteiger partial charge on any atom is -0.460 e. The zero-order valence-electron chi connectivity index (χ0n) is 26.8. The molecule has 1 aliphatic rings. The van der Waals surface area contributed by atoms with Crippen molar-refractivity contribution in [3.8, 4) is 0 Å². The van der Waals surface area contributed by atoms with Gasteiger partial charge in [-0.1, -0.05) is 0 Å². The number of nitrogens with two attached hydrogens (primary N) is 3. The molecule has 1 aliphatic heterocycles. The van der Waals surface area contributed by atoms with Crippen LogP contribution in [0.15, 0.2) is 0 Å². The molecule has 1 heterocycles. The molecule has 0 aromatic carbocycles. The van der Waals surface area contributed by atoms with Crippen LogP contribution in [0.3, 0.4) is 0 Å². The zero-order chi connectivity index (χ0) is 35.4. The highest BCUT2D eigenvalue weighted by Gasteiger charge is 2.19. The van der Waals surface area contributed by atoms with E-state index in [1.165, 1.54) is 13.8 Å². The summed E-state index contributed by atoms with van der Waals surface area (Å²) in [6.45, 7) is 11.1. The van der Waals surface area contributed by atoms with Crippen LogP contribution in [0.2, 0.25) is 0 Å². The van der Waals surface area contributed by atoms with Gasteiger partial charge in [0.1, 0.15) is 18.0 Å². The third-order valence-electron chi connectivity index (χ3n) is 4.99. The SMILES string of the molecule is CC(=O)CCC(=O)OC(C)C(C)O.CC(O)C(C)O.CC(O)C(C)OC(=O)CCC(=O)NCN.NCN.O=C1CCC(=O)O1. The van der Waals surface area contributed by atoms with Gasteiger partial charge in [0, 0.05) is 19.5 Å². The number of carbonyl (C=O) groups excluding carboxylic acids is 6. The van der Waals surface area contributed by atoms with E-state index in [0.717, 1.165) is 0 Å². The van der Waals surface area contributed by atoms with Crippen molar-refractivity contribution in [2.24, 2.45) is 17.2 Å². The number of esters is 4. The van der Waals surface area contributed by atoms with Crippen molar-refractivity contribution in [1.82, 2.24) is 5.32 Å². The van der Waals surface area contributed by atoms with E-state index in [9.17, 15) is 28.8 Å². The minimum absolute atomic E-state index is 0.0110. The third-order valence-corrected chi connectivity index (χ3v) is 4.99. The lowest BCUT2D eigenvalue weighted by Gasteiger charge is -2.15. The summed E-state index contributed by atoms with van der Waals surface area (Å²) in [7, 11) is 0. The highest BCUT2D eigenvalue weighted by Crippen LogP contribution is 2.04. The zero-order valence-corrected chi connectivity index (χ0v) is 26.8. The van der Waals surface area contributed by atoms with Crippen LogP contribution in [-0.4, -0.2) is 106 Å². The van der Waals surface area contributed by atoms with Crippen molar-refractivity contribution in [3.63, 3.8) is 0 Å². The number of aliphatic hydroxyl groups excluding tert-OH is 4. The van der Waals surface area contributed by atoms with Crippen molar-refractivity contribution < 1.29 is 63.4 Å². The smallest absolute Gasteiger partial charge is 0.314 e. The molecule has 0 bridgehead atoms. The predicted octanol–water partition coefficient (Wildman–Crippen LogP) is -1.76. The Kier molecular flexibility index (Phi) is 32.6. The lowest BCUT2D eigenvalue weighted by atomic mass is 10.2. The van der Waals surface area contributed by atoms with Crippen molar-refractivity contribution in [3.05, 3.63) is 0 Å². The number of cyclic esters (lactones) is 2. The molecule has 1 rings (SSSR count). The molecule has 6 atom stereocenters. The maximum absolute atomic E-state index is 11.1. The Morgan fingerprint density at radius 2 is 1.05 bits per heavy atom. The summed E-state index contributed by atoms with van der Waals surface area (Å²) in [5.74, 6) is -2.07. The summed E-state index contributed by atoms with van der Waals surface area (Å²) in [4.78, 5) is 63.5. The van der Waals surface area contributed by atoms with Crippen LogP contribution < -0.4 is 22.5 Å². The number of aliphatic hydroxyl groups is 4. The molecule has 260 valence electrons. The molecule has 0 aromatic heterocycles. The first-order chi connectivity index (χ1) is 20.2. The molecule has 17 heteroatoms. The maximum atomic E-state index is 11.1. The Hall–Kier alpha value is -3.06. The fourth-order valence-corrected chi connectivity index (χ4v) is 1.86. The fraction of sp³-hybridized carbons (Fsp3) is 0.778. The molecule has 44 heavy (non-hydrogen) atoms. The number of ketones is 1. The monoisotopic (exact) mass is 642 g/mol. The summed E-state index contributed by atoms with van der Waals surface area (Å²) in [5, 5.41) is 37.2. The number of ether oxygens (including phenoxy) is 3. The van der Waals surface area contributed by atoms with Gasteiger partial charge in [0.05, 0.1) is 56.8 Å². The number of carbonyl (C=O) groups is 6. The normalized spacial score (nSPS) is 15.5. The van der Waals surface area contributed by atoms with Crippen molar-refractivity contribution in [1.29, 1.82) is 0 Å². The van der Waals surface area contributed by atoms with Crippen LogP contribution in [0, 0.1) is 0 Å². The summed E-state index contributed by atoms with van der Waals surface area (Å²) in [6, 6.07) is 0. The van der Waals surface area contributed by atoms with Gasteiger partial charge in [0.2, 0.25) is 5.91 Å². The number of hydrogen-bond acceptors (Lipinski definition) is 16. The van der Waals surface area contributed by atoms with Gasteiger partial charge < -0.3 is 61.9 Å². The van der Waals surface area contributed by atoms with E-state index in [1.807, 2.05) is 0 Å². The Morgan fingerprint density at radius 1 is 0.705 bits per heavy atom. The maximum Gasteiger partial charge on any atom is 0.314 e. The topological polar surface area (TPSA) is 301 Å². The molecule has 11 N–H and O–H groups in total. The highest BCUT2D eigenvalue weighted by atomic mass is 16.6. The lowest BCUT2D eigenvalue weighted by molar-refractivity contribution is -0.154. The predicted molar refractivity (Wildman–Crippen MR) is 158 cm³/mol. The van der Waals surface area contributed by atoms with Gasteiger partial charge in [-0.05, 0) is 48.5 Å². The van der Waals surface area contributed by atoms with E-state index in [4.69, 9.17) is 35.6 Å². The van der Waals surface area contributed by atoms with Crippen LogP contribution in [-0.2, 0) is 43.0 Å². The number of nitrogens with one attached hydrogen (secondary N) is 1. The van der Waals surface area contributed by atoms with E-state index < -0.39 is 60.5 Å². The van der Waals surface area contributed by atoms with E-state index in [0.29, 0.717) is 0 Å². The van der Waals surface area contributed by atoms with E-state index in [2.05, 4.69) is 21.5 Å². The van der Waals surface area contributed by atoms with Crippen LogP contribution in [0.5, 0.6) is 0 Å². The Labute approximate surface area is 258 Å². The summed E-state index contributed by atoms with van der Waals surface area (Å²) in [5.41, 5.74) is 14.3. The minimum atomic E-state index is -0.716. The van der Waals surface area contributed by atoms with Gasteiger partial charge in [0.25, 0.3) is 0 Å². The fourth-order valence-electron chi connectivity index (χ4n) is 1.86. The summed E-state index contributed by atoms with van der Waals surface area (Å²) in [6.07, 6.45) is -2.81. The summed E-state index contributed by atoms with van der Waals surface area (Å²) < 4.78 is 13.7. The standard InChI is InChI=1S/C9H18N2O4.C9H16O4.C4H4O3.C4H10O2.CH6N2/c1-6(12)7(2)15-9(14)4-3-8(13)11-5-10;1-6(10)4-5-9(12)13-8(3)7(2)11;5-3-1-2-4(6)7-3;1-3(5)4(2)6;2-1-3/h6-7,12H,3-5,10H2,1-2H3,(H,11,13);7-8,11H,4-5H2,1-3H3;1-2H2;3-6H,1-2H3;1-3H2. The highest BCUT2D eigenvalue weighted by molar-refractivity contribution is 5.92. The van der Waals surface area contributed by atoms with Crippen LogP contribution in [0.25, 0.3) is 0 Å². The molecule has 0 radical (unpaired) electrons. The molecular weight excluding hydrogens is 588 g/mol. The number of rotatable bonds is 12. The molecule has 0 aliphatic carbocycles. The average Bonchev–Trinajstić information content (AvgIpc) is 3.29. The lowest BCUT2D eigenvalue weighted by Crippen LogP contribution is -2.30. The van der Waals surface area contributed by atoms with Crippen LogP contribution in [0.4, 0.5) is 0 Å².